The molecule has 6 aromatic rings. The normalized spacial score (nSPS) is 11.7. The number of nitrogens with one attached hydrogen (secondary N) is 4. The van der Waals surface area contributed by atoms with E-state index in [1.807, 2.05) is 45.0 Å². The molecule has 0 aliphatic carbocycles. The molecule has 11 heteroatoms. The zero-order valence-electron chi connectivity index (χ0n) is 23.8. The second kappa shape index (κ2) is 11.2. The van der Waals surface area contributed by atoms with Crippen LogP contribution >= 0.6 is 0 Å². The number of aromatic nitrogens is 6. The van der Waals surface area contributed by atoms with E-state index in [1.54, 1.807) is 36.8 Å². The van der Waals surface area contributed by atoms with Gasteiger partial charge in [-0.3, -0.25) is 10.1 Å². The van der Waals surface area contributed by atoms with Gasteiger partial charge in [0.15, 0.2) is 11.5 Å². The number of pyridine rings is 2. The molecule has 0 radical (unpaired) electrons. The molecule has 0 aliphatic rings. The van der Waals surface area contributed by atoms with Gasteiger partial charge in [-0.1, -0.05) is 0 Å². The van der Waals surface area contributed by atoms with E-state index in [-0.39, 0.29) is 11.9 Å². The average molecular weight is 568 g/mol. The molecule has 0 aliphatic heterocycles. The maximum absolute atomic E-state index is 16.2. The van der Waals surface area contributed by atoms with E-state index in [0.717, 1.165) is 12.2 Å². The first kappa shape index (κ1) is 27.3. The van der Waals surface area contributed by atoms with Crippen molar-refractivity contribution in [2.24, 2.45) is 0 Å². The number of fused-ring (bicyclic) bond motifs is 2. The summed E-state index contributed by atoms with van der Waals surface area (Å²) in [6.45, 7) is 5.53. The topological polar surface area (TPSA) is 110 Å². The number of rotatable bonds is 9. The Hall–Kier alpha value is -4.90. The Morgan fingerprint density at radius 2 is 1.79 bits per heavy atom. The average Bonchev–Trinajstić information content (AvgIpc) is 3.57. The highest BCUT2D eigenvalue weighted by molar-refractivity contribution is 5.98. The number of halogens is 2. The lowest BCUT2D eigenvalue weighted by Crippen LogP contribution is -2.20. The summed E-state index contributed by atoms with van der Waals surface area (Å²) < 4.78 is 30.8. The zero-order chi connectivity index (χ0) is 29.4. The van der Waals surface area contributed by atoms with Gasteiger partial charge in [-0.2, -0.15) is 5.10 Å². The minimum absolute atomic E-state index is 0.208. The molecule has 0 saturated heterocycles. The molecule has 0 saturated carbocycles. The SMILES string of the molecule is CC(C)Nc1cncc(-c2ccc3[nH]nc(-c4nc5c(-c6cc(F)cc(NCCN(C)C)c6)ccnc5[nH]4)c3c2F)c1. The fourth-order valence-corrected chi connectivity index (χ4v) is 4.99. The molecule has 0 atom stereocenters. The van der Waals surface area contributed by atoms with Gasteiger partial charge in [0.2, 0.25) is 0 Å². The summed E-state index contributed by atoms with van der Waals surface area (Å²) in [7, 11) is 3.97. The predicted molar refractivity (Wildman–Crippen MR) is 163 cm³/mol. The van der Waals surface area contributed by atoms with Crippen molar-refractivity contribution >= 4 is 33.4 Å². The summed E-state index contributed by atoms with van der Waals surface area (Å²) >= 11 is 0. The van der Waals surface area contributed by atoms with E-state index >= 15 is 4.39 Å². The third kappa shape index (κ3) is 5.38. The van der Waals surface area contributed by atoms with Crippen molar-refractivity contribution in [1.82, 2.24) is 35.0 Å². The van der Waals surface area contributed by atoms with Crippen LogP contribution in [-0.2, 0) is 0 Å². The van der Waals surface area contributed by atoms with Crippen LogP contribution in [0, 0.1) is 11.6 Å². The van der Waals surface area contributed by atoms with E-state index < -0.39 is 5.82 Å². The molecule has 4 heterocycles. The summed E-state index contributed by atoms with van der Waals surface area (Å²) in [4.78, 5) is 18.7. The van der Waals surface area contributed by atoms with Crippen LogP contribution in [0.2, 0.25) is 0 Å². The lowest BCUT2D eigenvalue weighted by molar-refractivity contribution is 0.425. The van der Waals surface area contributed by atoms with Crippen LogP contribution < -0.4 is 10.6 Å². The van der Waals surface area contributed by atoms with Gasteiger partial charge in [0.1, 0.15) is 22.8 Å². The van der Waals surface area contributed by atoms with Crippen LogP contribution in [0.3, 0.4) is 0 Å². The van der Waals surface area contributed by atoms with Crippen LogP contribution in [0.4, 0.5) is 20.2 Å². The Kier molecular flexibility index (Phi) is 7.26. The first-order chi connectivity index (χ1) is 20.3. The molecular weight excluding hydrogens is 536 g/mol. The molecule has 214 valence electrons. The highest BCUT2D eigenvalue weighted by Gasteiger charge is 2.21. The molecule has 0 spiro atoms. The van der Waals surface area contributed by atoms with Crippen molar-refractivity contribution in [3.05, 3.63) is 72.7 Å². The molecule has 4 aromatic heterocycles. The van der Waals surface area contributed by atoms with E-state index in [0.29, 0.717) is 68.1 Å². The number of likely N-dealkylation sites (N-methyl/N-ethyl adjacent to an activating group) is 1. The maximum Gasteiger partial charge on any atom is 0.161 e. The molecule has 4 N–H and O–H groups in total. The first-order valence-corrected chi connectivity index (χ1v) is 13.7. The van der Waals surface area contributed by atoms with Crippen molar-refractivity contribution in [2.75, 3.05) is 37.8 Å². The summed E-state index contributed by atoms with van der Waals surface area (Å²) in [6.07, 6.45) is 4.98. The van der Waals surface area contributed by atoms with Crippen LogP contribution in [0.15, 0.2) is 61.1 Å². The molecular formula is C31H31F2N9. The van der Waals surface area contributed by atoms with Gasteiger partial charge in [-0.15, -0.1) is 0 Å². The van der Waals surface area contributed by atoms with Gasteiger partial charge >= 0.3 is 0 Å². The van der Waals surface area contributed by atoms with Gasteiger partial charge in [-0.25, -0.2) is 18.7 Å². The predicted octanol–water partition coefficient (Wildman–Crippen LogP) is 6.30. The maximum atomic E-state index is 16.2. The van der Waals surface area contributed by atoms with Crippen LogP contribution in [0.25, 0.3) is 55.8 Å². The smallest absolute Gasteiger partial charge is 0.161 e. The minimum atomic E-state index is -0.438. The molecule has 6 rings (SSSR count). The molecule has 0 fully saturated rings. The quantitative estimate of drug-likeness (QED) is 0.162. The van der Waals surface area contributed by atoms with E-state index in [9.17, 15) is 4.39 Å². The van der Waals surface area contributed by atoms with Crippen molar-refractivity contribution < 1.29 is 8.78 Å². The number of benzene rings is 2. The number of anilines is 2. The number of nitrogens with zero attached hydrogens (tertiary/aromatic N) is 5. The molecule has 0 bridgehead atoms. The molecule has 0 unspecified atom stereocenters. The van der Waals surface area contributed by atoms with Crippen LogP contribution in [0.1, 0.15) is 13.8 Å². The van der Waals surface area contributed by atoms with Gasteiger partial charge in [0.25, 0.3) is 0 Å². The standard InChI is InChI=1S/C31H31F2N9/c1-17(2)37-22-13-19(15-34-16-22)23-5-6-25-26(27(23)33)29(41-40-25)31-38-28-24(7-8-36-30(28)39-31)18-11-20(32)14-21(12-18)35-9-10-42(3)4/h5-8,11-17,35,37H,9-10H2,1-4H3,(H,40,41)(H,36,38,39). The second-order valence-electron chi connectivity index (χ2n) is 10.8. The number of imidazole rings is 1. The van der Waals surface area contributed by atoms with Crippen molar-refractivity contribution in [1.29, 1.82) is 0 Å². The largest absolute Gasteiger partial charge is 0.384 e. The van der Waals surface area contributed by atoms with Gasteiger partial charge in [-0.05, 0) is 76.0 Å². The number of aromatic amines is 2. The fourth-order valence-electron chi connectivity index (χ4n) is 4.99. The van der Waals surface area contributed by atoms with Gasteiger partial charge in [0, 0.05) is 60.1 Å². The molecule has 42 heavy (non-hydrogen) atoms. The fraction of sp³-hybridized carbons (Fsp3) is 0.226. The Bertz CT molecular complexity index is 1890. The van der Waals surface area contributed by atoms with E-state index in [1.165, 1.54) is 12.1 Å². The Labute approximate surface area is 241 Å². The first-order valence-electron chi connectivity index (χ1n) is 13.7. The minimum Gasteiger partial charge on any atom is -0.384 e. The van der Waals surface area contributed by atoms with Gasteiger partial charge in [0.05, 0.1) is 16.6 Å². The number of hydrogen-bond acceptors (Lipinski definition) is 7. The summed E-state index contributed by atoms with van der Waals surface area (Å²) in [5.41, 5.74) is 5.72. The lowest BCUT2D eigenvalue weighted by atomic mass is 10.0. The third-order valence-corrected chi connectivity index (χ3v) is 6.88. The van der Waals surface area contributed by atoms with E-state index in [2.05, 4.69) is 35.8 Å². The monoisotopic (exact) mass is 567 g/mol. The lowest BCUT2D eigenvalue weighted by Gasteiger charge is -2.12. The highest BCUT2D eigenvalue weighted by Crippen LogP contribution is 2.36. The Morgan fingerprint density at radius 1 is 0.952 bits per heavy atom. The molecule has 9 nitrogen and oxygen atoms in total. The van der Waals surface area contributed by atoms with Crippen molar-refractivity contribution in [3.8, 4) is 33.8 Å². The highest BCUT2D eigenvalue weighted by atomic mass is 19.1. The summed E-state index contributed by atoms with van der Waals surface area (Å²) in [5, 5.41) is 14.2. The molecule has 2 aromatic carbocycles. The molecule has 0 amide bonds. The van der Waals surface area contributed by atoms with Gasteiger partial charge < -0.3 is 20.5 Å². The van der Waals surface area contributed by atoms with E-state index in [4.69, 9.17) is 4.98 Å². The Balaban J connectivity index is 1.41. The second-order valence-corrected chi connectivity index (χ2v) is 10.8. The Morgan fingerprint density at radius 3 is 2.60 bits per heavy atom. The number of hydrogen-bond donors (Lipinski definition) is 4. The van der Waals surface area contributed by atoms with Crippen LogP contribution in [0.5, 0.6) is 0 Å². The summed E-state index contributed by atoms with van der Waals surface area (Å²) in [5.74, 6) is -0.455. The third-order valence-electron chi connectivity index (χ3n) is 6.88. The van der Waals surface area contributed by atoms with Crippen LogP contribution in [-0.4, -0.2) is 68.3 Å². The number of H-pyrrole nitrogens is 2. The van der Waals surface area contributed by atoms with Crippen molar-refractivity contribution in [3.63, 3.8) is 0 Å². The van der Waals surface area contributed by atoms with Crippen molar-refractivity contribution in [2.45, 2.75) is 19.9 Å². The zero-order valence-corrected chi connectivity index (χ0v) is 23.8. The summed E-state index contributed by atoms with van der Waals surface area (Å²) in [6, 6.07) is 12.2.